The van der Waals surface area contributed by atoms with E-state index in [-0.39, 0.29) is 9.81 Å². The highest BCUT2D eigenvalue weighted by atomic mass is 32.2. The fourth-order valence-electron chi connectivity index (χ4n) is 3.45. The topological polar surface area (TPSA) is 93.2 Å². The van der Waals surface area contributed by atoms with Gasteiger partial charge < -0.3 is 9.47 Å². The summed E-state index contributed by atoms with van der Waals surface area (Å²) in [5.41, 5.74) is -0.953. The van der Waals surface area contributed by atoms with Gasteiger partial charge in [0.2, 0.25) is 0 Å². The molecule has 0 unspecified atom stereocenters. The molecule has 0 N–H and O–H groups in total. The van der Waals surface area contributed by atoms with E-state index in [1.54, 1.807) is 90.1 Å². The lowest BCUT2D eigenvalue weighted by Crippen LogP contribution is -2.46. The zero-order chi connectivity index (χ0) is 30.4. The minimum atomic E-state index is -0.851. The second-order valence-corrected chi connectivity index (χ2v) is 12.1. The van der Waals surface area contributed by atoms with Gasteiger partial charge in [-0.05, 0) is 65.8 Å². The van der Waals surface area contributed by atoms with E-state index in [4.69, 9.17) is 9.47 Å². The number of para-hydroxylation sites is 2. The number of carbonyl (C=O) groups is 4. The summed E-state index contributed by atoms with van der Waals surface area (Å²) in [6.45, 7) is 18.2. The molecule has 0 aliphatic carbocycles. The van der Waals surface area contributed by atoms with Crippen LogP contribution >= 0.6 is 23.5 Å². The van der Waals surface area contributed by atoms with E-state index in [1.165, 1.54) is 0 Å². The van der Waals surface area contributed by atoms with Gasteiger partial charge >= 0.3 is 12.2 Å². The number of anilines is 2. The predicted octanol–water partition coefficient (Wildman–Crippen LogP) is 8.40. The van der Waals surface area contributed by atoms with Gasteiger partial charge in [-0.3, -0.25) is 9.59 Å². The smallest absolute Gasteiger partial charge is 0.422 e. The summed E-state index contributed by atoms with van der Waals surface area (Å²) in [5, 5.41) is 0. The van der Waals surface area contributed by atoms with Crippen LogP contribution < -0.4 is 9.80 Å². The van der Waals surface area contributed by atoms with Crippen molar-refractivity contribution in [3.8, 4) is 0 Å². The highest BCUT2D eigenvalue weighted by Gasteiger charge is 2.43. The van der Waals surface area contributed by atoms with Gasteiger partial charge in [-0.15, -0.1) is 0 Å². The Bertz CT molecular complexity index is 1210. The van der Waals surface area contributed by atoms with Crippen LogP contribution in [0.1, 0.15) is 69.2 Å². The summed E-state index contributed by atoms with van der Waals surface area (Å²) in [7, 11) is 0. The minimum Gasteiger partial charge on any atom is -0.443 e. The predicted molar refractivity (Wildman–Crippen MR) is 162 cm³/mol. The molecule has 0 atom stereocenters. The van der Waals surface area contributed by atoms with Crippen molar-refractivity contribution in [3.05, 3.63) is 58.3 Å². The monoisotopic (exact) mass is 586 g/mol. The van der Waals surface area contributed by atoms with Gasteiger partial charge in [0, 0.05) is 9.79 Å². The lowest BCUT2D eigenvalue weighted by Gasteiger charge is -2.34. The summed E-state index contributed by atoms with van der Waals surface area (Å²) >= 11 is 2.15. The molecule has 216 valence electrons. The van der Waals surface area contributed by atoms with Crippen molar-refractivity contribution >= 4 is 58.9 Å². The molecular weight excluding hydrogens is 548 g/mol. The first-order valence-corrected chi connectivity index (χ1v) is 14.8. The third-order valence-electron chi connectivity index (χ3n) is 4.79. The van der Waals surface area contributed by atoms with Crippen LogP contribution in [0.25, 0.3) is 0 Å². The first-order valence-electron chi connectivity index (χ1n) is 13.2. The molecule has 0 aromatic heterocycles. The highest BCUT2D eigenvalue weighted by molar-refractivity contribution is 8.08. The second kappa shape index (κ2) is 13.4. The molecular formula is C30H38N2O6S2. The van der Waals surface area contributed by atoms with Crippen LogP contribution in [0.3, 0.4) is 0 Å². The molecule has 4 rings (SSSR count). The van der Waals surface area contributed by atoms with Crippen LogP contribution in [0.2, 0.25) is 0 Å². The quantitative estimate of drug-likeness (QED) is 0.284. The number of hydrogen-bond donors (Lipinski definition) is 0. The summed E-state index contributed by atoms with van der Waals surface area (Å²) in [4.78, 5) is 56.8. The van der Waals surface area contributed by atoms with Crippen LogP contribution in [0.5, 0.6) is 0 Å². The molecule has 0 fully saturated rings. The number of imide groups is 2. The molecule has 2 aliphatic heterocycles. The number of benzene rings is 2. The van der Waals surface area contributed by atoms with Gasteiger partial charge in [0.05, 0.1) is 21.2 Å². The molecule has 10 heteroatoms. The molecule has 0 saturated carbocycles. The van der Waals surface area contributed by atoms with Gasteiger partial charge in [-0.25, -0.2) is 19.4 Å². The Balaban J connectivity index is 0.00000134. The van der Waals surface area contributed by atoms with Crippen molar-refractivity contribution in [2.45, 2.75) is 90.2 Å². The molecule has 2 heterocycles. The maximum atomic E-state index is 13.7. The maximum absolute atomic E-state index is 13.7. The molecule has 0 saturated heterocycles. The van der Waals surface area contributed by atoms with Crippen LogP contribution in [0.4, 0.5) is 21.0 Å². The molecule has 8 nitrogen and oxygen atoms in total. The van der Waals surface area contributed by atoms with Gasteiger partial charge in [0.1, 0.15) is 11.2 Å². The Morgan fingerprint density at radius 3 is 1.20 bits per heavy atom. The van der Waals surface area contributed by atoms with Gasteiger partial charge in [-0.2, -0.15) is 0 Å². The highest BCUT2D eigenvalue weighted by Crippen LogP contribution is 2.50. The number of ether oxygens (including phenoxy) is 2. The minimum absolute atomic E-state index is 0.0256. The van der Waals surface area contributed by atoms with E-state index >= 15 is 0 Å². The number of rotatable bonds is 0. The molecule has 0 bridgehead atoms. The Kier molecular flexibility index (Phi) is 11.1. The number of nitrogens with zero attached hydrogens (tertiary/aromatic N) is 2. The fraction of sp³-hybridized carbons (Fsp3) is 0.400. The lowest BCUT2D eigenvalue weighted by molar-refractivity contribution is -0.116. The van der Waals surface area contributed by atoms with Crippen molar-refractivity contribution in [1.82, 2.24) is 0 Å². The van der Waals surface area contributed by atoms with Crippen LogP contribution in [0, 0.1) is 0 Å². The summed E-state index contributed by atoms with van der Waals surface area (Å²) < 4.78 is 11.0. The standard InChI is InChI=1S/C26H26N2O6S2.2C2H6/c1-25(2,3)33-23(31)27-15-11-7-9-13-17(15)35-19(21(27)29)20-22(30)28(24(32)34-26(4,5)6)16-12-8-10-14-18(16)36-20;2*1-2/h7-14H,1-6H3;2*1-2H3/b20-19+;;. The van der Waals surface area contributed by atoms with E-state index in [0.717, 1.165) is 33.3 Å². The Hall–Kier alpha value is -3.24. The molecule has 2 aromatic carbocycles. The third-order valence-corrected chi connectivity index (χ3v) is 7.21. The zero-order valence-electron chi connectivity index (χ0n) is 24.8. The number of amides is 4. The van der Waals surface area contributed by atoms with E-state index in [1.807, 2.05) is 27.7 Å². The first-order chi connectivity index (χ1) is 18.8. The largest absolute Gasteiger partial charge is 0.443 e. The number of hydrogen-bond acceptors (Lipinski definition) is 8. The normalized spacial score (nSPS) is 16.4. The van der Waals surface area contributed by atoms with E-state index in [0.29, 0.717) is 21.2 Å². The van der Waals surface area contributed by atoms with Crippen LogP contribution in [0.15, 0.2) is 68.1 Å². The van der Waals surface area contributed by atoms with Crippen molar-refractivity contribution in [2.75, 3.05) is 9.80 Å². The van der Waals surface area contributed by atoms with Crippen molar-refractivity contribution in [1.29, 1.82) is 0 Å². The Labute approximate surface area is 245 Å². The number of carbonyl (C=O) groups excluding carboxylic acids is 4. The number of fused-ring (bicyclic) bond motifs is 2. The van der Waals surface area contributed by atoms with E-state index in [2.05, 4.69) is 0 Å². The van der Waals surface area contributed by atoms with Gasteiger partial charge in [0.15, 0.2) is 0 Å². The number of thioether (sulfide) groups is 2. The van der Waals surface area contributed by atoms with Gasteiger partial charge in [-0.1, -0.05) is 75.5 Å². The Morgan fingerprint density at radius 1 is 0.600 bits per heavy atom. The third kappa shape index (κ3) is 7.48. The van der Waals surface area contributed by atoms with Crippen molar-refractivity contribution in [2.24, 2.45) is 0 Å². The van der Waals surface area contributed by atoms with E-state index < -0.39 is 35.2 Å². The molecule has 40 heavy (non-hydrogen) atoms. The van der Waals surface area contributed by atoms with E-state index in [9.17, 15) is 19.2 Å². The Morgan fingerprint density at radius 2 is 0.900 bits per heavy atom. The molecule has 2 aliphatic rings. The fourth-order valence-corrected chi connectivity index (χ4v) is 5.68. The van der Waals surface area contributed by atoms with Gasteiger partial charge in [0.25, 0.3) is 11.8 Å². The molecule has 0 spiro atoms. The average Bonchev–Trinajstić information content (AvgIpc) is 2.88. The first kappa shape index (κ1) is 33.0. The molecule has 0 radical (unpaired) electrons. The van der Waals surface area contributed by atoms with Crippen LogP contribution in [-0.2, 0) is 19.1 Å². The lowest BCUT2D eigenvalue weighted by atomic mass is 10.2. The SMILES string of the molecule is CC.CC.CC(C)(C)OC(=O)N1C(=O)/C(=C2\Sc3ccccc3N(C(=O)OC(C)(C)C)C2=O)Sc2ccccc21. The van der Waals surface area contributed by atoms with Crippen LogP contribution in [-0.4, -0.2) is 35.2 Å². The summed E-state index contributed by atoms with van der Waals surface area (Å²) in [6.07, 6.45) is -1.70. The summed E-state index contributed by atoms with van der Waals surface area (Å²) in [5.74, 6) is -1.40. The molecule has 2 aromatic rings. The summed E-state index contributed by atoms with van der Waals surface area (Å²) in [6, 6.07) is 13.8. The molecule has 4 amide bonds. The maximum Gasteiger partial charge on any atom is 0.422 e. The van der Waals surface area contributed by atoms with Crippen molar-refractivity contribution < 1.29 is 28.7 Å². The second-order valence-electron chi connectivity index (χ2n) is 10.0. The van der Waals surface area contributed by atoms with Crippen molar-refractivity contribution in [3.63, 3.8) is 0 Å². The average molecular weight is 587 g/mol. The zero-order valence-corrected chi connectivity index (χ0v) is 26.4.